The molecule has 1 saturated heterocycles. The van der Waals surface area contributed by atoms with E-state index in [9.17, 15) is 9.59 Å². The van der Waals surface area contributed by atoms with Gasteiger partial charge in [-0.3, -0.25) is 14.6 Å². The van der Waals surface area contributed by atoms with E-state index in [0.717, 1.165) is 49.2 Å². The van der Waals surface area contributed by atoms with Gasteiger partial charge in [0.1, 0.15) is 5.69 Å². The summed E-state index contributed by atoms with van der Waals surface area (Å²) < 4.78 is 0. The number of nitrogens with two attached hydrogens (primary N) is 1. The summed E-state index contributed by atoms with van der Waals surface area (Å²) in [4.78, 5) is 37.0. The van der Waals surface area contributed by atoms with Crippen molar-refractivity contribution in [3.63, 3.8) is 0 Å². The number of aromatic nitrogens is 2. The molecule has 3 N–H and O–H groups in total. The Bertz CT molecular complexity index is 1030. The van der Waals surface area contributed by atoms with Crippen molar-refractivity contribution in [1.29, 1.82) is 0 Å². The first-order valence-electron chi connectivity index (χ1n) is 11.7. The van der Waals surface area contributed by atoms with Crippen molar-refractivity contribution in [3.05, 3.63) is 58.8 Å². The predicted octanol–water partition coefficient (Wildman–Crippen LogP) is 2.72. The van der Waals surface area contributed by atoms with Gasteiger partial charge < -0.3 is 20.5 Å². The molecule has 4 rings (SSSR count). The minimum Gasteiger partial charge on any atom is -0.362 e. The first-order chi connectivity index (χ1) is 15.6. The number of piperidine rings is 1. The monoisotopic (exact) mass is 435 g/mol. The fourth-order valence-electron chi connectivity index (χ4n) is 4.41. The number of hydrogen-bond donors (Lipinski definition) is 2. The summed E-state index contributed by atoms with van der Waals surface area (Å²) in [5.41, 5.74) is 9.18. The third kappa shape index (κ3) is 5.27. The number of pyridine rings is 2. The number of anilines is 1. The molecule has 2 aromatic heterocycles. The maximum atomic E-state index is 13.0. The number of H-pyrrole nitrogens is 1. The molecule has 1 unspecified atom stereocenters. The summed E-state index contributed by atoms with van der Waals surface area (Å²) in [6, 6.07) is 6.19. The van der Waals surface area contributed by atoms with Gasteiger partial charge in [-0.1, -0.05) is 13.0 Å². The highest BCUT2D eigenvalue weighted by molar-refractivity contribution is 5.87. The van der Waals surface area contributed by atoms with Crippen LogP contribution >= 0.6 is 0 Å². The minimum atomic E-state index is -0.0781. The average molecular weight is 436 g/mol. The van der Waals surface area contributed by atoms with E-state index in [-0.39, 0.29) is 17.5 Å². The van der Waals surface area contributed by atoms with Crippen LogP contribution in [0.4, 0.5) is 5.69 Å². The van der Waals surface area contributed by atoms with Crippen LogP contribution in [0.15, 0.2) is 47.5 Å². The van der Waals surface area contributed by atoms with Crippen molar-refractivity contribution in [2.24, 2.45) is 11.7 Å². The Morgan fingerprint density at radius 3 is 2.91 bits per heavy atom. The Morgan fingerprint density at radius 1 is 1.31 bits per heavy atom. The van der Waals surface area contributed by atoms with E-state index in [1.54, 1.807) is 18.3 Å². The first-order valence-corrected chi connectivity index (χ1v) is 11.7. The molecule has 1 aliphatic carbocycles. The Hall–Kier alpha value is -2.93. The van der Waals surface area contributed by atoms with E-state index in [0.29, 0.717) is 24.7 Å². The fraction of sp³-hybridized carbons (Fsp3) is 0.480. The molecule has 2 aliphatic rings. The Labute approximate surface area is 189 Å². The van der Waals surface area contributed by atoms with Gasteiger partial charge in [-0.2, -0.15) is 0 Å². The zero-order valence-corrected chi connectivity index (χ0v) is 18.8. The Kier molecular flexibility index (Phi) is 7.05. The lowest BCUT2D eigenvalue weighted by atomic mass is 10.0. The van der Waals surface area contributed by atoms with Gasteiger partial charge in [0.2, 0.25) is 5.91 Å². The van der Waals surface area contributed by atoms with E-state index in [1.807, 2.05) is 23.2 Å². The largest absolute Gasteiger partial charge is 0.362 e. The SMILES string of the molecule is CCc1cc(-c2c[nH]c(=O)c(N(CC3CC3)C3CCCN(C(=O)/C=C/CN)C3)c2)ccn1. The maximum Gasteiger partial charge on any atom is 0.271 e. The van der Waals surface area contributed by atoms with Gasteiger partial charge in [0, 0.05) is 61.9 Å². The molecular formula is C25H33N5O2. The number of aryl methyl sites for hydroxylation is 1. The highest BCUT2D eigenvalue weighted by Crippen LogP contribution is 2.34. The average Bonchev–Trinajstić information content (AvgIpc) is 3.66. The van der Waals surface area contributed by atoms with Gasteiger partial charge in [-0.25, -0.2) is 0 Å². The molecule has 0 aromatic carbocycles. The second-order valence-electron chi connectivity index (χ2n) is 8.81. The topological polar surface area (TPSA) is 95.3 Å². The van der Waals surface area contributed by atoms with E-state index in [1.165, 1.54) is 12.8 Å². The molecule has 1 saturated carbocycles. The van der Waals surface area contributed by atoms with Gasteiger partial charge in [0.05, 0.1) is 0 Å². The maximum absolute atomic E-state index is 13.0. The minimum absolute atomic E-state index is 0.00179. The standard InChI is InChI=1S/C25H33N5O2/c1-2-21-13-19(9-11-27-21)20-14-23(25(32)28-15-20)30(16-18-7-8-18)22-5-4-12-29(17-22)24(31)6-3-10-26/h3,6,9,11,13-15,18,22H,2,4-5,7-8,10,12,16-17,26H2,1H3,(H,28,32)/b6-3+. The zero-order valence-electron chi connectivity index (χ0n) is 18.8. The lowest BCUT2D eigenvalue weighted by Gasteiger charge is -2.40. The van der Waals surface area contributed by atoms with Crippen LogP contribution in [0.3, 0.4) is 0 Å². The lowest BCUT2D eigenvalue weighted by molar-refractivity contribution is -0.127. The van der Waals surface area contributed by atoms with Crippen molar-refractivity contribution >= 4 is 11.6 Å². The number of likely N-dealkylation sites (tertiary alicyclic amines) is 1. The highest BCUT2D eigenvalue weighted by atomic mass is 16.2. The van der Waals surface area contributed by atoms with Crippen LogP contribution in [0.5, 0.6) is 0 Å². The summed E-state index contributed by atoms with van der Waals surface area (Å²) in [6.45, 7) is 4.66. The molecular weight excluding hydrogens is 402 g/mol. The molecule has 2 aromatic rings. The van der Waals surface area contributed by atoms with E-state index >= 15 is 0 Å². The van der Waals surface area contributed by atoms with Crippen LogP contribution in [-0.4, -0.2) is 53.0 Å². The van der Waals surface area contributed by atoms with Crippen molar-refractivity contribution in [2.45, 2.75) is 45.1 Å². The summed E-state index contributed by atoms with van der Waals surface area (Å²) >= 11 is 0. The molecule has 3 heterocycles. The van der Waals surface area contributed by atoms with Crippen LogP contribution in [0.2, 0.25) is 0 Å². The normalized spacial score (nSPS) is 18.8. The quantitative estimate of drug-likeness (QED) is 0.622. The van der Waals surface area contributed by atoms with Crippen LogP contribution in [0.1, 0.15) is 38.3 Å². The molecule has 7 heteroatoms. The number of amides is 1. The Morgan fingerprint density at radius 2 is 2.16 bits per heavy atom. The van der Waals surface area contributed by atoms with Crippen LogP contribution in [0.25, 0.3) is 11.1 Å². The van der Waals surface area contributed by atoms with E-state index in [2.05, 4.69) is 27.9 Å². The number of rotatable bonds is 8. The molecule has 2 fully saturated rings. The van der Waals surface area contributed by atoms with E-state index in [4.69, 9.17) is 5.73 Å². The summed E-state index contributed by atoms with van der Waals surface area (Å²) in [7, 11) is 0. The van der Waals surface area contributed by atoms with Crippen LogP contribution in [0, 0.1) is 5.92 Å². The summed E-state index contributed by atoms with van der Waals surface area (Å²) in [6.07, 6.45) is 12.0. The highest BCUT2D eigenvalue weighted by Gasteiger charge is 2.33. The Balaban J connectivity index is 1.63. The molecule has 1 aliphatic heterocycles. The van der Waals surface area contributed by atoms with Crippen molar-refractivity contribution in [3.8, 4) is 11.1 Å². The first kappa shape index (κ1) is 22.3. The smallest absolute Gasteiger partial charge is 0.271 e. The zero-order chi connectivity index (χ0) is 22.5. The molecule has 0 spiro atoms. The van der Waals surface area contributed by atoms with Gasteiger partial charge >= 0.3 is 0 Å². The number of aromatic amines is 1. The predicted molar refractivity (Wildman–Crippen MR) is 128 cm³/mol. The van der Waals surface area contributed by atoms with Crippen molar-refractivity contribution < 1.29 is 4.79 Å². The van der Waals surface area contributed by atoms with E-state index < -0.39 is 0 Å². The lowest BCUT2D eigenvalue weighted by Crippen LogP contribution is -2.51. The molecule has 7 nitrogen and oxygen atoms in total. The number of hydrogen-bond acceptors (Lipinski definition) is 5. The fourth-order valence-corrected chi connectivity index (χ4v) is 4.41. The number of carbonyl (C=O) groups is 1. The van der Waals surface area contributed by atoms with Gasteiger partial charge in [0.25, 0.3) is 5.56 Å². The van der Waals surface area contributed by atoms with Gasteiger partial charge in [-0.15, -0.1) is 0 Å². The number of carbonyl (C=O) groups excluding carboxylic acids is 1. The molecule has 1 amide bonds. The van der Waals surface area contributed by atoms with Crippen molar-refractivity contribution in [1.82, 2.24) is 14.9 Å². The molecule has 170 valence electrons. The van der Waals surface area contributed by atoms with Gasteiger partial charge in [0.15, 0.2) is 0 Å². The number of nitrogens with zero attached hydrogens (tertiary/aromatic N) is 3. The van der Waals surface area contributed by atoms with Gasteiger partial charge in [-0.05, 0) is 61.8 Å². The molecule has 1 atom stereocenters. The summed E-state index contributed by atoms with van der Waals surface area (Å²) in [5.74, 6) is 0.618. The van der Waals surface area contributed by atoms with Crippen molar-refractivity contribution in [2.75, 3.05) is 31.1 Å². The molecule has 0 radical (unpaired) electrons. The molecule has 32 heavy (non-hydrogen) atoms. The third-order valence-corrected chi connectivity index (χ3v) is 6.40. The van der Waals surface area contributed by atoms with Crippen LogP contribution in [-0.2, 0) is 11.2 Å². The molecule has 0 bridgehead atoms. The van der Waals surface area contributed by atoms with Crippen LogP contribution < -0.4 is 16.2 Å². The third-order valence-electron chi connectivity index (χ3n) is 6.40. The number of nitrogens with one attached hydrogen (secondary N) is 1. The second kappa shape index (κ2) is 10.1. The summed E-state index contributed by atoms with van der Waals surface area (Å²) in [5, 5.41) is 0. The second-order valence-corrected chi connectivity index (χ2v) is 8.81.